The second kappa shape index (κ2) is 2.56. The van der Waals surface area contributed by atoms with Crippen LogP contribution in [-0.4, -0.2) is 23.3 Å². The molecule has 4 aliphatic carbocycles. The molecule has 10 atom stereocenters. The van der Waals surface area contributed by atoms with E-state index in [0.29, 0.717) is 35.9 Å². The second-order valence-electron chi connectivity index (χ2n) is 7.07. The summed E-state index contributed by atoms with van der Waals surface area (Å²) >= 11 is 0. The van der Waals surface area contributed by atoms with Crippen LogP contribution in [0.1, 0.15) is 19.8 Å². The first kappa shape index (κ1) is 9.37. The van der Waals surface area contributed by atoms with Crippen LogP contribution in [0.5, 0.6) is 0 Å². The van der Waals surface area contributed by atoms with Crippen molar-refractivity contribution in [1.82, 2.24) is 0 Å². The normalized spacial score (nSPS) is 69.2. The molecule has 92 valence electrons. The number of epoxide rings is 1. The average molecular weight is 234 g/mol. The summed E-state index contributed by atoms with van der Waals surface area (Å²) in [6, 6.07) is 0. The molecule has 1 aliphatic heterocycles. The molecule has 0 aromatic carbocycles. The van der Waals surface area contributed by atoms with E-state index in [1.165, 1.54) is 12.8 Å². The Morgan fingerprint density at radius 3 is 2.29 bits per heavy atom. The van der Waals surface area contributed by atoms with E-state index in [-0.39, 0.29) is 5.92 Å². The Morgan fingerprint density at radius 2 is 1.65 bits per heavy atom. The fourth-order valence-electron chi connectivity index (χ4n) is 6.58. The summed E-state index contributed by atoms with van der Waals surface area (Å²) < 4.78 is 5.78. The zero-order valence-corrected chi connectivity index (χ0v) is 9.95. The highest BCUT2D eigenvalue weighted by atomic mass is 16.6. The van der Waals surface area contributed by atoms with E-state index < -0.39 is 5.97 Å². The molecule has 0 aromatic rings. The first-order valence-corrected chi connectivity index (χ1v) is 7.06. The van der Waals surface area contributed by atoms with E-state index in [0.717, 1.165) is 17.8 Å². The Hall–Kier alpha value is -0.570. The zero-order chi connectivity index (χ0) is 11.5. The van der Waals surface area contributed by atoms with Gasteiger partial charge in [0.1, 0.15) is 0 Å². The van der Waals surface area contributed by atoms with Crippen molar-refractivity contribution in [1.29, 1.82) is 0 Å². The minimum absolute atomic E-state index is 0.0576. The molecule has 1 saturated heterocycles. The van der Waals surface area contributed by atoms with Gasteiger partial charge in [0.2, 0.25) is 0 Å². The van der Waals surface area contributed by atoms with E-state index in [4.69, 9.17) is 4.74 Å². The molecule has 10 unspecified atom stereocenters. The van der Waals surface area contributed by atoms with Gasteiger partial charge in [-0.2, -0.15) is 0 Å². The van der Waals surface area contributed by atoms with Crippen LogP contribution in [0, 0.1) is 47.3 Å². The zero-order valence-electron chi connectivity index (χ0n) is 9.95. The smallest absolute Gasteiger partial charge is 0.307 e. The number of ether oxygens (including phenoxy) is 1. The predicted molar refractivity (Wildman–Crippen MR) is 59.1 cm³/mol. The maximum Gasteiger partial charge on any atom is 0.307 e. The van der Waals surface area contributed by atoms with Gasteiger partial charge in [-0.1, -0.05) is 6.92 Å². The summed E-state index contributed by atoms with van der Waals surface area (Å²) in [5, 5.41) is 9.44. The standard InChI is InChI=1S/C14H18O3/c1-4-5-2-6(9(4)14(15)16)11-8-3-7(10(5)11)12-13(8)17-12/h4-13H,2-3H2,1H3,(H,15,16). The quantitative estimate of drug-likeness (QED) is 0.554. The second-order valence-corrected chi connectivity index (χ2v) is 7.07. The first-order chi connectivity index (χ1) is 8.18. The van der Waals surface area contributed by atoms with Crippen molar-refractivity contribution in [3.63, 3.8) is 0 Å². The number of hydrogen-bond acceptors (Lipinski definition) is 2. The number of fused-ring (bicyclic) bond motifs is 12. The molecular weight excluding hydrogens is 216 g/mol. The Morgan fingerprint density at radius 1 is 1.06 bits per heavy atom. The lowest BCUT2D eigenvalue weighted by atomic mass is 9.64. The molecule has 0 radical (unpaired) electrons. The van der Waals surface area contributed by atoms with Crippen LogP contribution in [-0.2, 0) is 9.53 Å². The van der Waals surface area contributed by atoms with Crippen molar-refractivity contribution in [3.8, 4) is 0 Å². The minimum atomic E-state index is -0.542. The Balaban J connectivity index is 1.57. The van der Waals surface area contributed by atoms with Crippen LogP contribution in [0.4, 0.5) is 0 Å². The number of rotatable bonds is 1. The van der Waals surface area contributed by atoms with Gasteiger partial charge in [0.05, 0.1) is 18.1 Å². The highest BCUT2D eigenvalue weighted by Crippen LogP contribution is 2.73. The van der Waals surface area contributed by atoms with Crippen molar-refractivity contribution in [2.45, 2.75) is 32.0 Å². The van der Waals surface area contributed by atoms with Gasteiger partial charge in [-0.05, 0) is 54.3 Å². The summed E-state index contributed by atoms with van der Waals surface area (Å²) in [7, 11) is 0. The Labute approximate surface area is 101 Å². The van der Waals surface area contributed by atoms with Crippen LogP contribution in [0.25, 0.3) is 0 Å². The van der Waals surface area contributed by atoms with E-state index in [1.807, 2.05) is 0 Å². The van der Waals surface area contributed by atoms with Crippen LogP contribution in [0.15, 0.2) is 0 Å². The molecule has 0 spiro atoms. The molecule has 5 fully saturated rings. The van der Waals surface area contributed by atoms with E-state index in [9.17, 15) is 9.90 Å². The van der Waals surface area contributed by atoms with Crippen molar-refractivity contribution < 1.29 is 14.6 Å². The summed E-state index contributed by atoms with van der Waals surface area (Å²) in [5.74, 6) is 3.99. The monoisotopic (exact) mass is 234 g/mol. The number of hydrogen-bond donors (Lipinski definition) is 1. The third-order valence-corrected chi connectivity index (χ3v) is 6.90. The van der Waals surface area contributed by atoms with Crippen LogP contribution < -0.4 is 0 Å². The Kier molecular flexibility index (Phi) is 1.41. The van der Waals surface area contributed by atoms with Gasteiger partial charge in [0.25, 0.3) is 0 Å². The molecule has 0 amide bonds. The van der Waals surface area contributed by atoms with Gasteiger partial charge < -0.3 is 9.84 Å². The maximum absolute atomic E-state index is 11.5. The van der Waals surface area contributed by atoms with Crippen LogP contribution in [0.2, 0.25) is 0 Å². The fourth-order valence-corrected chi connectivity index (χ4v) is 6.58. The third kappa shape index (κ3) is 0.844. The summed E-state index contributed by atoms with van der Waals surface area (Å²) in [5.41, 5.74) is 0. The molecule has 1 heterocycles. The van der Waals surface area contributed by atoms with Gasteiger partial charge in [0, 0.05) is 0 Å². The Bertz CT molecular complexity index is 420. The predicted octanol–water partition coefficient (Wildman–Crippen LogP) is 1.62. The van der Waals surface area contributed by atoms with Crippen molar-refractivity contribution in [2.75, 3.05) is 0 Å². The molecule has 5 aliphatic rings. The van der Waals surface area contributed by atoms with Crippen molar-refractivity contribution >= 4 is 5.97 Å². The average Bonchev–Trinajstić information content (AvgIpc) is 2.64. The molecular formula is C14H18O3. The van der Waals surface area contributed by atoms with Gasteiger partial charge in [0.15, 0.2) is 0 Å². The van der Waals surface area contributed by atoms with Gasteiger partial charge >= 0.3 is 5.97 Å². The molecule has 3 heteroatoms. The molecule has 17 heavy (non-hydrogen) atoms. The third-order valence-electron chi connectivity index (χ3n) is 6.90. The SMILES string of the molecule is CC1C2CC(C1C(=O)O)C1C3CC(C4OC34)C21. The van der Waals surface area contributed by atoms with Crippen LogP contribution >= 0.6 is 0 Å². The van der Waals surface area contributed by atoms with Gasteiger partial charge in [-0.3, -0.25) is 4.79 Å². The highest BCUT2D eigenvalue weighted by Gasteiger charge is 2.75. The van der Waals surface area contributed by atoms with Crippen LogP contribution in [0.3, 0.4) is 0 Å². The van der Waals surface area contributed by atoms with Crippen molar-refractivity contribution in [3.05, 3.63) is 0 Å². The van der Waals surface area contributed by atoms with E-state index in [1.54, 1.807) is 0 Å². The van der Waals surface area contributed by atoms with Crippen molar-refractivity contribution in [2.24, 2.45) is 47.3 Å². The fraction of sp³-hybridized carbons (Fsp3) is 0.929. The largest absolute Gasteiger partial charge is 0.481 e. The summed E-state index contributed by atoms with van der Waals surface area (Å²) in [4.78, 5) is 11.5. The van der Waals surface area contributed by atoms with Gasteiger partial charge in [-0.15, -0.1) is 0 Å². The number of aliphatic carboxylic acids is 1. The topological polar surface area (TPSA) is 49.8 Å². The maximum atomic E-state index is 11.5. The number of carboxylic acid groups (broad SMARTS) is 1. The van der Waals surface area contributed by atoms with E-state index in [2.05, 4.69) is 6.92 Å². The molecule has 0 aromatic heterocycles. The van der Waals surface area contributed by atoms with Gasteiger partial charge in [-0.25, -0.2) is 0 Å². The summed E-state index contributed by atoms with van der Waals surface area (Å²) in [6.45, 7) is 2.18. The molecule has 5 rings (SSSR count). The summed E-state index contributed by atoms with van der Waals surface area (Å²) in [6.07, 6.45) is 3.65. The number of carboxylic acids is 1. The first-order valence-electron chi connectivity index (χ1n) is 7.06. The molecule has 3 nitrogen and oxygen atoms in total. The lowest BCUT2D eigenvalue weighted by Crippen LogP contribution is -2.42. The van der Waals surface area contributed by atoms with E-state index >= 15 is 0 Å². The number of carbonyl (C=O) groups is 1. The highest BCUT2D eigenvalue weighted by molar-refractivity contribution is 5.71. The molecule has 4 bridgehead atoms. The molecule has 1 N–H and O–H groups in total. The molecule has 4 saturated carbocycles. The lowest BCUT2D eigenvalue weighted by molar-refractivity contribution is -0.147. The minimum Gasteiger partial charge on any atom is -0.481 e. The lowest BCUT2D eigenvalue weighted by Gasteiger charge is -2.39.